The fourth-order valence-electron chi connectivity index (χ4n) is 4.20. The minimum Gasteiger partial charge on any atom is -0.445 e. The molecule has 0 aromatic heterocycles. The summed E-state index contributed by atoms with van der Waals surface area (Å²) >= 11 is 0. The molecule has 1 aliphatic heterocycles. The fraction of sp³-hybridized carbons (Fsp3) is 0.400. The van der Waals surface area contributed by atoms with E-state index in [4.69, 9.17) is 16.3 Å². The molecule has 1 heterocycles. The highest BCUT2D eigenvalue weighted by atomic mass is 16.5. The first-order chi connectivity index (χ1) is 15.3. The Kier molecular flexibility index (Phi) is 9.25. The maximum absolute atomic E-state index is 11.2. The van der Waals surface area contributed by atoms with Crippen molar-refractivity contribution in [2.75, 3.05) is 11.9 Å². The molecule has 1 aliphatic carbocycles. The van der Waals surface area contributed by atoms with Crippen molar-refractivity contribution in [3.8, 4) is 0 Å². The first-order valence-corrected chi connectivity index (χ1v) is 10.8. The van der Waals surface area contributed by atoms with Gasteiger partial charge >= 0.3 is 6.09 Å². The summed E-state index contributed by atoms with van der Waals surface area (Å²) in [5, 5.41) is 0. The average molecular weight is 440 g/mol. The Balaban J connectivity index is 0.000000222. The lowest BCUT2D eigenvalue weighted by atomic mass is 9.84. The van der Waals surface area contributed by atoms with E-state index in [1.54, 1.807) is 0 Å². The third kappa shape index (κ3) is 7.11. The number of aldehydes is 1. The molecule has 2 atom stereocenters. The molecular weight excluding hydrogens is 406 g/mol. The van der Waals surface area contributed by atoms with Gasteiger partial charge in [-0.05, 0) is 67.3 Å². The number of ether oxygens (including phenoxy) is 1. The Labute approximate surface area is 189 Å². The van der Waals surface area contributed by atoms with Gasteiger partial charge in [-0.15, -0.1) is 0 Å². The van der Waals surface area contributed by atoms with Crippen molar-refractivity contribution in [2.45, 2.75) is 45.8 Å². The Morgan fingerprint density at radius 3 is 2.28 bits per heavy atom. The number of carbonyl (C=O) groups is 3. The third-order valence-corrected chi connectivity index (χ3v) is 5.65. The lowest BCUT2D eigenvalue weighted by Gasteiger charge is -2.41. The van der Waals surface area contributed by atoms with Gasteiger partial charge in [0.1, 0.15) is 12.9 Å². The summed E-state index contributed by atoms with van der Waals surface area (Å²) < 4.78 is 4.57. The van der Waals surface area contributed by atoms with E-state index in [1.807, 2.05) is 42.5 Å². The van der Waals surface area contributed by atoms with Crippen LogP contribution in [0.1, 0.15) is 48.2 Å². The molecule has 0 radical (unpaired) electrons. The molecule has 7 nitrogen and oxygen atoms in total. The van der Waals surface area contributed by atoms with Crippen molar-refractivity contribution in [3.05, 3.63) is 65.2 Å². The predicted octanol–water partition coefficient (Wildman–Crippen LogP) is 3.68. The van der Waals surface area contributed by atoms with Gasteiger partial charge in [-0.3, -0.25) is 4.79 Å². The number of primary amides is 2. The zero-order chi connectivity index (χ0) is 23.7. The highest BCUT2D eigenvalue weighted by Gasteiger charge is 2.40. The SMILES string of the molecule is CC1Cc2cc(C(N)=O)ccc2N(C)[C@H]1C1CC1.CC=O.NC(=O)OCc1ccccc1. The largest absolute Gasteiger partial charge is 0.445 e. The number of hydrogen-bond donors (Lipinski definition) is 2. The maximum Gasteiger partial charge on any atom is 0.404 e. The summed E-state index contributed by atoms with van der Waals surface area (Å²) in [6.07, 6.45) is 3.80. The molecule has 4 rings (SSSR count). The molecule has 1 fully saturated rings. The van der Waals surface area contributed by atoms with Gasteiger partial charge in [-0.1, -0.05) is 37.3 Å². The van der Waals surface area contributed by atoms with Crippen LogP contribution in [0.25, 0.3) is 0 Å². The van der Waals surface area contributed by atoms with Gasteiger partial charge in [-0.2, -0.15) is 0 Å². The van der Waals surface area contributed by atoms with Gasteiger partial charge in [0.2, 0.25) is 5.91 Å². The lowest BCUT2D eigenvalue weighted by molar-refractivity contribution is -0.106. The molecule has 2 amide bonds. The van der Waals surface area contributed by atoms with E-state index in [-0.39, 0.29) is 12.5 Å². The van der Waals surface area contributed by atoms with Crippen molar-refractivity contribution in [2.24, 2.45) is 23.3 Å². The van der Waals surface area contributed by atoms with E-state index in [0.717, 1.165) is 24.2 Å². The zero-order valence-electron chi connectivity index (χ0n) is 19.0. The number of carbonyl (C=O) groups excluding carboxylic acids is 3. The highest BCUT2D eigenvalue weighted by molar-refractivity contribution is 5.93. The van der Waals surface area contributed by atoms with Crippen molar-refractivity contribution in [1.82, 2.24) is 0 Å². The quantitative estimate of drug-likeness (QED) is 0.705. The maximum atomic E-state index is 11.2. The lowest BCUT2D eigenvalue weighted by Crippen LogP contribution is -2.43. The molecule has 1 saturated carbocycles. The predicted molar refractivity (Wildman–Crippen MR) is 125 cm³/mol. The van der Waals surface area contributed by atoms with E-state index < -0.39 is 6.09 Å². The Bertz CT molecular complexity index is 913. The Morgan fingerprint density at radius 2 is 1.75 bits per heavy atom. The molecule has 0 bridgehead atoms. The molecule has 32 heavy (non-hydrogen) atoms. The number of nitrogens with zero attached hydrogens (tertiary/aromatic N) is 1. The minimum absolute atomic E-state index is 0.246. The second-order valence-corrected chi connectivity index (χ2v) is 8.16. The number of nitrogens with two attached hydrogens (primary N) is 2. The van der Waals surface area contributed by atoms with Crippen molar-refractivity contribution in [3.63, 3.8) is 0 Å². The molecule has 4 N–H and O–H groups in total. The van der Waals surface area contributed by atoms with Gasteiger partial charge in [0, 0.05) is 24.3 Å². The first-order valence-electron chi connectivity index (χ1n) is 10.8. The Hall–Kier alpha value is -3.35. The van der Waals surface area contributed by atoms with Gasteiger partial charge in [0.05, 0.1) is 0 Å². The van der Waals surface area contributed by atoms with Crippen molar-refractivity contribution in [1.29, 1.82) is 0 Å². The summed E-state index contributed by atoms with van der Waals surface area (Å²) in [6, 6.07) is 15.9. The third-order valence-electron chi connectivity index (χ3n) is 5.65. The highest BCUT2D eigenvalue weighted by Crippen LogP contribution is 2.44. The number of hydrogen-bond acceptors (Lipinski definition) is 5. The zero-order valence-corrected chi connectivity index (χ0v) is 19.0. The average Bonchev–Trinajstić information content (AvgIpc) is 3.59. The minimum atomic E-state index is -0.742. The first kappa shape index (κ1) is 24.9. The second kappa shape index (κ2) is 11.9. The van der Waals surface area contributed by atoms with Crippen molar-refractivity contribution >= 4 is 24.0 Å². The fourth-order valence-corrected chi connectivity index (χ4v) is 4.20. The molecule has 0 saturated heterocycles. The summed E-state index contributed by atoms with van der Waals surface area (Å²) in [4.78, 5) is 32.6. The molecular formula is C25H33N3O4. The molecule has 2 aromatic carbocycles. The van der Waals surface area contributed by atoms with Crippen LogP contribution in [-0.4, -0.2) is 31.4 Å². The summed E-state index contributed by atoms with van der Waals surface area (Å²) in [7, 11) is 2.18. The van der Waals surface area contributed by atoms with Crippen LogP contribution < -0.4 is 16.4 Å². The van der Waals surface area contributed by atoms with Crippen LogP contribution in [0.3, 0.4) is 0 Å². The second-order valence-electron chi connectivity index (χ2n) is 8.16. The van der Waals surface area contributed by atoms with Crippen LogP contribution in [0, 0.1) is 11.8 Å². The standard InChI is InChI=1S/C15H20N2O.C8H9NO2.C2H4O/c1-9-7-12-8-11(15(16)18)5-6-13(12)17(2)14(9)10-3-4-10;9-8(10)11-6-7-4-2-1-3-5-7;1-2-3/h5-6,8-10,14H,3-4,7H2,1-2H3,(H2,16,18);1-5H,6H2,(H2,9,10);2H,1H3/t9?,14-;;/m1../s1. The van der Waals surface area contributed by atoms with Gasteiger partial charge in [0.15, 0.2) is 0 Å². The van der Waals surface area contributed by atoms with Gasteiger partial charge in [-0.25, -0.2) is 4.79 Å². The Morgan fingerprint density at radius 1 is 1.12 bits per heavy atom. The van der Waals surface area contributed by atoms with E-state index in [1.165, 1.54) is 31.0 Å². The number of rotatable bonds is 4. The van der Waals surface area contributed by atoms with E-state index >= 15 is 0 Å². The van der Waals surface area contributed by atoms with Gasteiger partial charge in [0.25, 0.3) is 0 Å². The molecule has 1 unspecified atom stereocenters. The van der Waals surface area contributed by atoms with E-state index in [0.29, 0.717) is 17.5 Å². The molecule has 7 heteroatoms. The van der Waals surface area contributed by atoms with E-state index in [2.05, 4.69) is 29.7 Å². The van der Waals surface area contributed by atoms with Crippen LogP contribution in [0.15, 0.2) is 48.5 Å². The van der Waals surface area contributed by atoms with Crippen molar-refractivity contribution < 1.29 is 19.1 Å². The molecule has 2 aliphatic rings. The van der Waals surface area contributed by atoms with Crippen LogP contribution in [0.4, 0.5) is 10.5 Å². The van der Waals surface area contributed by atoms with E-state index in [9.17, 15) is 9.59 Å². The number of amides is 2. The monoisotopic (exact) mass is 439 g/mol. The number of benzene rings is 2. The van der Waals surface area contributed by atoms with Crippen LogP contribution >= 0.6 is 0 Å². The molecule has 172 valence electrons. The summed E-state index contributed by atoms with van der Waals surface area (Å²) in [5.74, 6) is 1.18. The molecule has 2 aromatic rings. The van der Waals surface area contributed by atoms with Crippen LogP contribution in [0.5, 0.6) is 0 Å². The normalized spacial score (nSPS) is 18.7. The smallest absolute Gasteiger partial charge is 0.404 e. The number of anilines is 1. The van der Waals surface area contributed by atoms with Crippen LogP contribution in [0.2, 0.25) is 0 Å². The topological polar surface area (TPSA) is 116 Å². The van der Waals surface area contributed by atoms with Gasteiger partial charge < -0.3 is 25.9 Å². The summed E-state index contributed by atoms with van der Waals surface area (Å²) in [5.41, 5.74) is 14.2. The molecule has 0 spiro atoms. The van der Waals surface area contributed by atoms with Crippen LogP contribution in [-0.2, 0) is 22.6 Å². The number of fused-ring (bicyclic) bond motifs is 1. The summed E-state index contributed by atoms with van der Waals surface area (Å²) in [6.45, 7) is 4.01.